The molecule has 0 radical (unpaired) electrons. The van der Waals surface area contributed by atoms with E-state index in [4.69, 9.17) is 11.6 Å². The third-order valence-electron chi connectivity index (χ3n) is 4.04. The predicted molar refractivity (Wildman–Crippen MR) is 90.3 cm³/mol. The van der Waals surface area contributed by atoms with Crippen molar-refractivity contribution in [2.75, 3.05) is 26.2 Å². The predicted octanol–water partition coefficient (Wildman–Crippen LogP) is 2.16. The quantitative estimate of drug-likeness (QED) is 0.739. The van der Waals surface area contributed by atoms with Crippen molar-refractivity contribution in [2.24, 2.45) is 0 Å². The molecule has 1 amide bonds. The Hall–Kier alpha value is -2.10. The first-order valence-electron chi connectivity index (χ1n) is 7.64. The summed E-state index contributed by atoms with van der Waals surface area (Å²) in [5.74, 6) is -2.89. The molecular formula is C16H14ClF2N3O3S. The van der Waals surface area contributed by atoms with E-state index >= 15 is 0 Å². The molecule has 0 bridgehead atoms. The highest BCUT2D eigenvalue weighted by atomic mass is 35.5. The number of hydrogen-bond donors (Lipinski definition) is 0. The highest BCUT2D eigenvalue weighted by Crippen LogP contribution is 2.23. The molecule has 0 N–H and O–H groups in total. The molecule has 2 aromatic rings. The van der Waals surface area contributed by atoms with Crippen LogP contribution in [0.15, 0.2) is 41.6 Å². The summed E-state index contributed by atoms with van der Waals surface area (Å²) in [7, 11) is -3.70. The van der Waals surface area contributed by atoms with Crippen LogP contribution in [0.3, 0.4) is 0 Å². The number of nitrogens with zero attached hydrogens (tertiary/aromatic N) is 3. The van der Waals surface area contributed by atoms with Crippen LogP contribution in [0.2, 0.25) is 5.02 Å². The van der Waals surface area contributed by atoms with Crippen LogP contribution in [0, 0.1) is 11.6 Å². The van der Waals surface area contributed by atoms with Crippen molar-refractivity contribution in [2.45, 2.75) is 4.90 Å². The largest absolute Gasteiger partial charge is 0.336 e. The summed E-state index contributed by atoms with van der Waals surface area (Å²) in [6.07, 6.45) is 2.73. The van der Waals surface area contributed by atoms with Crippen molar-refractivity contribution in [3.05, 3.63) is 58.9 Å². The van der Waals surface area contributed by atoms with E-state index in [0.29, 0.717) is 0 Å². The maximum atomic E-state index is 13.4. The minimum absolute atomic E-state index is 0.0726. The topological polar surface area (TPSA) is 70.6 Å². The van der Waals surface area contributed by atoms with Gasteiger partial charge in [0.2, 0.25) is 10.0 Å². The second kappa shape index (κ2) is 7.26. The molecule has 1 saturated heterocycles. The van der Waals surface area contributed by atoms with Crippen molar-refractivity contribution in [1.82, 2.24) is 14.2 Å². The molecule has 0 aliphatic carbocycles. The van der Waals surface area contributed by atoms with E-state index < -0.39 is 27.6 Å². The summed E-state index contributed by atoms with van der Waals surface area (Å²) in [5, 5.41) is -0.195. The van der Waals surface area contributed by atoms with Gasteiger partial charge in [-0.25, -0.2) is 17.2 Å². The van der Waals surface area contributed by atoms with Gasteiger partial charge in [-0.1, -0.05) is 11.6 Å². The lowest BCUT2D eigenvalue weighted by molar-refractivity contribution is 0.0697. The Morgan fingerprint density at radius 2 is 1.77 bits per heavy atom. The fourth-order valence-corrected chi connectivity index (χ4v) is 4.26. The first-order valence-corrected chi connectivity index (χ1v) is 9.46. The van der Waals surface area contributed by atoms with Gasteiger partial charge in [-0.3, -0.25) is 9.78 Å². The summed E-state index contributed by atoms with van der Waals surface area (Å²) in [6.45, 7) is 0.357. The monoisotopic (exact) mass is 401 g/mol. The van der Waals surface area contributed by atoms with Gasteiger partial charge in [-0.2, -0.15) is 4.31 Å². The first-order chi connectivity index (χ1) is 12.3. The summed E-state index contributed by atoms with van der Waals surface area (Å²) >= 11 is 5.83. The van der Waals surface area contributed by atoms with E-state index in [0.717, 1.165) is 12.1 Å². The number of aromatic nitrogens is 1. The number of amides is 1. The fourth-order valence-electron chi connectivity index (χ4n) is 2.64. The lowest BCUT2D eigenvalue weighted by atomic mass is 10.1. The Kier molecular flexibility index (Phi) is 5.22. The van der Waals surface area contributed by atoms with Crippen molar-refractivity contribution in [3.63, 3.8) is 0 Å². The molecule has 6 nitrogen and oxygen atoms in total. The molecule has 0 atom stereocenters. The van der Waals surface area contributed by atoms with Crippen LogP contribution in [0.4, 0.5) is 8.78 Å². The molecule has 0 saturated carbocycles. The Bertz CT molecular complexity index is 933. The number of pyridine rings is 1. The van der Waals surface area contributed by atoms with Gasteiger partial charge in [0.05, 0.1) is 10.6 Å². The molecule has 138 valence electrons. The van der Waals surface area contributed by atoms with Crippen molar-refractivity contribution < 1.29 is 22.0 Å². The average Bonchev–Trinajstić information content (AvgIpc) is 2.65. The Balaban J connectivity index is 1.73. The van der Waals surface area contributed by atoms with E-state index in [9.17, 15) is 22.0 Å². The van der Waals surface area contributed by atoms with Crippen LogP contribution in [0.5, 0.6) is 0 Å². The van der Waals surface area contributed by atoms with Crippen LogP contribution in [-0.4, -0.2) is 54.7 Å². The van der Waals surface area contributed by atoms with E-state index in [1.54, 1.807) is 0 Å². The van der Waals surface area contributed by atoms with Gasteiger partial charge >= 0.3 is 0 Å². The Labute approximate surface area is 154 Å². The zero-order valence-corrected chi connectivity index (χ0v) is 15.0. The Morgan fingerprint density at radius 3 is 2.38 bits per heavy atom. The number of rotatable bonds is 3. The highest BCUT2D eigenvalue weighted by Gasteiger charge is 2.31. The fraction of sp³-hybridized carbons (Fsp3) is 0.250. The molecule has 2 heterocycles. The normalized spacial score (nSPS) is 15.9. The molecule has 1 aromatic heterocycles. The van der Waals surface area contributed by atoms with Gasteiger partial charge in [-0.15, -0.1) is 0 Å². The second-order valence-electron chi connectivity index (χ2n) is 5.63. The van der Waals surface area contributed by atoms with Crippen molar-refractivity contribution in [3.8, 4) is 0 Å². The van der Waals surface area contributed by atoms with Gasteiger partial charge in [0.25, 0.3) is 5.91 Å². The van der Waals surface area contributed by atoms with Gasteiger partial charge in [0.1, 0.15) is 4.90 Å². The molecule has 10 heteroatoms. The molecule has 1 fully saturated rings. The van der Waals surface area contributed by atoms with E-state index in [1.165, 1.54) is 33.7 Å². The minimum Gasteiger partial charge on any atom is -0.336 e. The van der Waals surface area contributed by atoms with Crippen molar-refractivity contribution in [1.29, 1.82) is 0 Å². The number of benzene rings is 1. The summed E-state index contributed by atoms with van der Waals surface area (Å²) in [4.78, 5) is 17.7. The summed E-state index contributed by atoms with van der Waals surface area (Å²) in [6, 6.07) is 4.46. The SMILES string of the molecule is O=C(c1cc(F)c(F)cc1Cl)N1CCN(S(=O)(=O)c2cccnc2)CC1. The Morgan fingerprint density at radius 1 is 1.12 bits per heavy atom. The third kappa shape index (κ3) is 3.55. The van der Waals surface area contributed by atoms with Gasteiger partial charge in [0, 0.05) is 38.6 Å². The molecule has 3 rings (SSSR count). The van der Waals surface area contributed by atoms with E-state index in [-0.39, 0.29) is 41.7 Å². The summed E-state index contributed by atoms with van der Waals surface area (Å²) < 4.78 is 52.9. The third-order valence-corrected chi connectivity index (χ3v) is 6.23. The molecule has 0 spiro atoms. The number of carbonyl (C=O) groups excluding carboxylic acids is 1. The zero-order chi connectivity index (χ0) is 18.9. The van der Waals surface area contributed by atoms with Crippen LogP contribution in [-0.2, 0) is 10.0 Å². The smallest absolute Gasteiger partial charge is 0.255 e. The average molecular weight is 402 g/mol. The molecule has 1 aliphatic rings. The van der Waals surface area contributed by atoms with Crippen LogP contribution in [0.25, 0.3) is 0 Å². The molecule has 1 aromatic carbocycles. The number of sulfonamides is 1. The van der Waals surface area contributed by atoms with Gasteiger partial charge in [-0.05, 0) is 24.3 Å². The highest BCUT2D eigenvalue weighted by molar-refractivity contribution is 7.89. The number of hydrogen-bond acceptors (Lipinski definition) is 4. The number of carbonyl (C=O) groups is 1. The first kappa shape index (κ1) is 18.7. The van der Waals surface area contributed by atoms with Crippen LogP contribution in [0.1, 0.15) is 10.4 Å². The van der Waals surface area contributed by atoms with Gasteiger partial charge in [0.15, 0.2) is 11.6 Å². The van der Waals surface area contributed by atoms with Crippen molar-refractivity contribution >= 4 is 27.5 Å². The molecule has 26 heavy (non-hydrogen) atoms. The van der Waals surface area contributed by atoms with Crippen LogP contribution < -0.4 is 0 Å². The number of halogens is 3. The maximum absolute atomic E-state index is 13.4. The minimum atomic E-state index is -3.70. The lowest BCUT2D eigenvalue weighted by Gasteiger charge is -2.34. The molecular weight excluding hydrogens is 388 g/mol. The van der Waals surface area contributed by atoms with Gasteiger partial charge < -0.3 is 4.90 Å². The summed E-state index contributed by atoms with van der Waals surface area (Å²) in [5.41, 5.74) is -0.158. The molecule has 0 unspecified atom stereocenters. The standard InChI is InChI=1S/C16H14ClF2N3O3S/c17-13-9-15(19)14(18)8-12(13)16(23)21-4-6-22(7-5-21)26(24,25)11-2-1-3-20-10-11/h1-3,8-10H,4-7H2. The molecule has 1 aliphatic heterocycles. The second-order valence-corrected chi connectivity index (χ2v) is 7.98. The van der Waals surface area contributed by atoms with E-state index in [2.05, 4.69) is 4.98 Å². The van der Waals surface area contributed by atoms with E-state index in [1.807, 2.05) is 0 Å². The van der Waals surface area contributed by atoms with Crippen LogP contribution >= 0.6 is 11.6 Å². The maximum Gasteiger partial charge on any atom is 0.255 e. The lowest BCUT2D eigenvalue weighted by Crippen LogP contribution is -2.50. The number of piperazine rings is 1. The zero-order valence-electron chi connectivity index (χ0n) is 13.4.